The van der Waals surface area contributed by atoms with Gasteiger partial charge in [0, 0.05) is 45.1 Å². The molecule has 9 atom stereocenters. The number of hydrogen-bond acceptors (Lipinski definition) is 12. The summed E-state index contributed by atoms with van der Waals surface area (Å²) in [6.07, 6.45) is 1.50. The average molecular weight is 963 g/mol. The van der Waals surface area contributed by atoms with E-state index in [9.17, 15) is 43.5 Å². The summed E-state index contributed by atoms with van der Waals surface area (Å²) in [6.45, 7) is 24.2. The van der Waals surface area contributed by atoms with E-state index in [0.717, 1.165) is 0 Å². The van der Waals surface area contributed by atoms with Crippen molar-refractivity contribution in [2.45, 2.75) is 190 Å². The molecule has 0 saturated heterocycles. The Bertz CT molecular complexity index is 1790. The number of aliphatic hydroxyl groups is 1. The summed E-state index contributed by atoms with van der Waals surface area (Å²) < 4.78 is 17.2. The summed E-state index contributed by atoms with van der Waals surface area (Å²) in [5, 5.41) is 19.7. The van der Waals surface area contributed by atoms with E-state index in [1.165, 1.54) is 55.8 Å². The molecule has 0 aliphatic carbocycles. The van der Waals surface area contributed by atoms with Crippen molar-refractivity contribution in [2.24, 2.45) is 23.7 Å². The highest BCUT2D eigenvalue weighted by atomic mass is 16.6. The van der Waals surface area contributed by atoms with Crippen molar-refractivity contribution in [1.29, 1.82) is 0 Å². The largest absolute Gasteiger partial charge is 0.456 e. The third kappa shape index (κ3) is 19.5. The van der Waals surface area contributed by atoms with Gasteiger partial charge in [-0.1, -0.05) is 67.5 Å². The van der Waals surface area contributed by atoms with Gasteiger partial charge in [0.1, 0.15) is 35.9 Å². The van der Waals surface area contributed by atoms with E-state index >= 15 is 0 Å². The van der Waals surface area contributed by atoms with Crippen LogP contribution >= 0.6 is 0 Å². The second-order valence-electron chi connectivity index (χ2n) is 20.2. The third-order valence-electron chi connectivity index (χ3n) is 12.2. The predicted octanol–water partition coefficient (Wildman–Crippen LogP) is 5.06. The summed E-state index contributed by atoms with van der Waals surface area (Å²) in [7, 11) is 4.29. The van der Waals surface area contributed by atoms with Gasteiger partial charge in [-0.15, -0.1) is 0 Å². The van der Waals surface area contributed by atoms with Crippen molar-refractivity contribution in [2.75, 3.05) is 34.2 Å². The number of nitrogens with one attached hydrogen (secondary N) is 3. The highest BCUT2D eigenvalue weighted by Gasteiger charge is 2.39. The molecule has 388 valence electrons. The maximum Gasteiger partial charge on any atom is 0.407 e. The van der Waals surface area contributed by atoms with Crippen LogP contribution < -0.4 is 16.0 Å². The van der Waals surface area contributed by atoms with Crippen LogP contribution in [0.5, 0.6) is 0 Å². The molecule has 6 amide bonds. The zero-order valence-electron chi connectivity index (χ0n) is 44.1. The maximum atomic E-state index is 14.3. The van der Waals surface area contributed by atoms with Crippen LogP contribution in [-0.2, 0) is 47.8 Å². The number of esters is 2. The number of unbranched alkanes of at least 4 members (excludes halogenated alkanes) is 1. The van der Waals surface area contributed by atoms with Crippen LogP contribution in [0.15, 0.2) is 23.3 Å². The SMILES string of the molecule is CC/C=C(\C)[C@H]1OC(=O)[C@H](C)N(C)C(=O)[C@H](CCCCNC(=O)OC(C)(C)C)NC(=O)CN(C)C(=O)[C@@H](CC(C)C)N(C)C(=O)[C@H](C(C)C)NC(=O)[C@@H]([C@@H](C)CC)OC(=O)/C(C)=C/C[C@H](O)[C@@H]1C. The number of allylic oxidation sites excluding steroid dienone is 1. The van der Waals surface area contributed by atoms with E-state index in [1.807, 2.05) is 33.8 Å². The molecular weight excluding hydrogens is 877 g/mol. The molecule has 1 aliphatic rings. The van der Waals surface area contributed by atoms with Crippen molar-refractivity contribution in [3.05, 3.63) is 23.3 Å². The second kappa shape index (κ2) is 28.5. The summed E-state index contributed by atoms with van der Waals surface area (Å²) in [4.78, 5) is 114. The van der Waals surface area contributed by atoms with Crippen molar-refractivity contribution in [3.8, 4) is 0 Å². The number of rotatable bonds is 12. The van der Waals surface area contributed by atoms with Crippen molar-refractivity contribution < 1.29 is 57.7 Å². The van der Waals surface area contributed by atoms with Gasteiger partial charge in [-0.25, -0.2) is 14.4 Å². The fourth-order valence-corrected chi connectivity index (χ4v) is 7.54. The lowest BCUT2D eigenvalue weighted by Gasteiger charge is -2.35. The fraction of sp³-hybridized carbons (Fsp3) is 0.760. The van der Waals surface area contributed by atoms with Crippen molar-refractivity contribution in [3.63, 3.8) is 0 Å². The van der Waals surface area contributed by atoms with Gasteiger partial charge in [-0.05, 0) is 104 Å². The zero-order valence-corrected chi connectivity index (χ0v) is 44.1. The Labute approximate surface area is 406 Å². The normalized spacial score (nSPS) is 27.0. The molecule has 18 nitrogen and oxygen atoms in total. The fourth-order valence-electron chi connectivity index (χ4n) is 7.54. The Morgan fingerprint density at radius 2 is 1.54 bits per heavy atom. The minimum atomic E-state index is -1.29. The second-order valence-corrected chi connectivity index (χ2v) is 20.2. The molecular formula is C50H86N6O12. The molecule has 0 aromatic heterocycles. The van der Waals surface area contributed by atoms with Crippen LogP contribution in [0.1, 0.15) is 142 Å². The van der Waals surface area contributed by atoms with E-state index in [2.05, 4.69) is 16.0 Å². The molecule has 1 aliphatic heterocycles. The molecule has 4 N–H and O–H groups in total. The van der Waals surface area contributed by atoms with Gasteiger partial charge in [0.2, 0.25) is 23.6 Å². The maximum absolute atomic E-state index is 14.3. The lowest BCUT2D eigenvalue weighted by Crippen LogP contribution is -2.58. The first-order valence-electron chi connectivity index (χ1n) is 24.3. The van der Waals surface area contributed by atoms with Crippen LogP contribution in [0.3, 0.4) is 0 Å². The number of amides is 6. The molecule has 0 aromatic rings. The Morgan fingerprint density at radius 3 is 2.09 bits per heavy atom. The number of nitrogens with zero attached hydrogens (tertiary/aromatic N) is 3. The summed E-state index contributed by atoms with van der Waals surface area (Å²) in [6, 6.07) is -4.51. The summed E-state index contributed by atoms with van der Waals surface area (Å²) in [5.41, 5.74) is 0.0856. The first-order valence-corrected chi connectivity index (χ1v) is 24.3. The van der Waals surface area contributed by atoms with Crippen LogP contribution in [0.25, 0.3) is 0 Å². The number of ether oxygens (including phenoxy) is 3. The first-order chi connectivity index (χ1) is 31.5. The molecule has 68 heavy (non-hydrogen) atoms. The Balaban J connectivity index is 3.86. The van der Waals surface area contributed by atoms with Crippen molar-refractivity contribution in [1.82, 2.24) is 30.7 Å². The van der Waals surface area contributed by atoms with Crippen LogP contribution in [-0.4, -0.2) is 150 Å². The summed E-state index contributed by atoms with van der Waals surface area (Å²) >= 11 is 0. The topological polar surface area (TPSA) is 230 Å². The van der Waals surface area contributed by atoms with Crippen LogP contribution in [0.4, 0.5) is 4.79 Å². The quantitative estimate of drug-likeness (QED) is 0.0871. The number of aliphatic hydroxyl groups excluding tert-OH is 1. The highest BCUT2D eigenvalue weighted by Crippen LogP contribution is 2.25. The third-order valence-corrected chi connectivity index (χ3v) is 12.2. The molecule has 0 radical (unpaired) electrons. The van der Waals surface area contributed by atoms with Gasteiger partial charge >= 0.3 is 18.0 Å². The zero-order chi connectivity index (χ0) is 52.4. The molecule has 0 aromatic carbocycles. The van der Waals surface area contributed by atoms with E-state index in [-0.39, 0.29) is 37.3 Å². The Hall–Kier alpha value is -5.00. The number of cyclic esters (lactones) is 2. The first kappa shape index (κ1) is 61.0. The smallest absolute Gasteiger partial charge is 0.407 e. The number of carbonyl (C=O) groups is 8. The number of carbonyl (C=O) groups excluding carboxylic acids is 8. The molecule has 0 fully saturated rings. The van der Waals surface area contributed by atoms with Gasteiger partial charge in [-0.3, -0.25) is 24.0 Å². The van der Waals surface area contributed by atoms with E-state index in [1.54, 1.807) is 55.4 Å². The van der Waals surface area contributed by atoms with Gasteiger partial charge in [0.25, 0.3) is 5.91 Å². The van der Waals surface area contributed by atoms with Gasteiger partial charge in [0.15, 0.2) is 6.10 Å². The van der Waals surface area contributed by atoms with Gasteiger partial charge in [-0.2, -0.15) is 0 Å². The number of hydrogen-bond donors (Lipinski definition) is 4. The minimum Gasteiger partial charge on any atom is -0.456 e. The molecule has 1 heterocycles. The lowest BCUT2D eigenvalue weighted by molar-refractivity contribution is -0.160. The minimum absolute atomic E-state index is 0.0416. The van der Waals surface area contributed by atoms with E-state index in [0.29, 0.717) is 31.3 Å². The highest BCUT2D eigenvalue weighted by molar-refractivity contribution is 5.96. The summed E-state index contributed by atoms with van der Waals surface area (Å²) in [5.74, 6) is -6.37. The van der Waals surface area contributed by atoms with Crippen LogP contribution in [0.2, 0.25) is 0 Å². The van der Waals surface area contributed by atoms with Crippen LogP contribution in [0, 0.1) is 23.7 Å². The Morgan fingerprint density at radius 1 is 0.926 bits per heavy atom. The molecule has 18 heteroatoms. The Kier molecular flexibility index (Phi) is 25.6. The lowest BCUT2D eigenvalue weighted by atomic mass is 9.90. The molecule has 0 unspecified atom stereocenters. The van der Waals surface area contributed by atoms with Gasteiger partial charge < -0.3 is 50.0 Å². The van der Waals surface area contributed by atoms with E-state index in [4.69, 9.17) is 14.2 Å². The molecule has 0 bridgehead atoms. The standard InChI is InChI=1S/C50H86N6O12/c1-18-22-32(8)41-34(10)38(57)25-24-33(9)47(63)67-42(31(7)19-2)43(59)53-40(30(5)6)46(62)56(17)37(27-29(3)4)45(61)54(15)28-39(58)52-36(44(60)55(16)35(11)48(64)66-41)23-20-21-26-51-49(65)68-50(12,13)14/h22,24,29-31,34-38,40-42,57H,18-21,23,25-28H2,1-17H3,(H,51,65)(H,52,58)(H,53,59)/b32-22+,33-24+/t31-,34-,35-,36-,37+,38-,40-,41+,42+/m0/s1. The van der Waals surface area contributed by atoms with E-state index < -0.39 is 120 Å². The molecule has 0 spiro atoms. The molecule has 0 saturated carbocycles. The van der Waals surface area contributed by atoms with Gasteiger partial charge in [0.05, 0.1) is 12.6 Å². The monoisotopic (exact) mass is 963 g/mol. The predicted molar refractivity (Wildman–Crippen MR) is 259 cm³/mol. The molecule has 1 rings (SSSR count). The van der Waals surface area contributed by atoms with Crippen molar-refractivity contribution >= 4 is 47.6 Å². The number of likely N-dealkylation sites (N-methyl/N-ethyl adjacent to an activating group) is 3. The average Bonchev–Trinajstić information content (AvgIpc) is 3.25. The number of alkyl carbamates (subject to hydrolysis) is 1.